The predicted octanol–water partition coefficient (Wildman–Crippen LogP) is 3.68. The summed E-state index contributed by atoms with van der Waals surface area (Å²) >= 11 is 1.19. The van der Waals surface area contributed by atoms with Gasteiger partial charge in [0.15, 0.2) is 0 Å². The number of thioether (sulfide) groups is 1. The van der Waals surface area contributed by atoms with Gasteiger partial charge >= 0.3 is 18.2 Å². The maximum Gasteiger partial charge on any atom is 0.410 e. The molecule has 0 bridgehead atoms. The van der Waals surface area contributed by atoms with Crippen LogP contribution in [0.3, 0.4) is 0 Å². The molecule has 3 aromatic rings. The normalized spacial score (nSPS) is 22.0. The van der Waals surface area contributed by atoms with E-state index in [1.807, 2.05) is 0 Å². The van der Waals surface area contributed by atoms with Crippen LogP contribution in [0.15, 0.2) is 83.4 Å². The highest BCUT2D eigenvalue weighted by Gasteiger charge is 2.61. The first-order valence-electron chi connectivity index (χ1n) is 21.6. The first-order chi connectivity index (χ1) is 32.9. The number of likely N-dealkylation sites (tertiary alicyclic amines) is 2. The van der Waals surface area contributed by atoms with Crippen LogP contribution in [-0.4, -0.2) is 126 Å². The summed E-state index contributed by atoms with van der Waals surface area (Å²) in [6.07, 6.45) is -2.41. The number of rotatable bonds is 17. The average Bonchev–Trinajstić information content (AvgIpc) is 4.04. The number of non-ortho nitro benzene ring substituents is 3. The van der Waals surface area contributed by atoms with Gasteiger partial charge in [-0.25, -0.2) is 14.4 Å². The molecule has 7 atom stereocenters. The zero-order valence-corrected chi connectivity index (χ0v) is 37.8. The predicted molar refractivity (Wildman–Crippen MR) is 239 cm³/mol. The summed E-state index contributed by atoms with van der Waals surface area (Å²) in [6, 6.07) is 13.9. The number of carbonyl (C=O) groups excluding carboxylic acids is 6. The van der Waals surface area contributed by atoms with E-state index in [9.17, 15) is 64.2 Å². The third-order valence-corrected chi connectivity index (χ3v) is 13.7. The van der Waals surface area contributed by atoms with Crippen molar-refractivity contribution in [3.8, 4) is 0 Å². The van der Waals surface area contributed by atoms with Gasteiger partial charge in [-0.15, -0.1) is 11.8 Å². The number of hydrogen-bond acceptors (Lipinski definition) is 17. The number of benzene rings is 3. The van der Waals surface area contributed by atoms with Crippen LogP contribution in [0.4, 0.5) is 26.7 Å². The van der Waals surface area contributed by atoms with Crippen LogP contribution in [0, 0.1) is 42.2 Å². The third kappa shape index (κ3) is 11.2. The van der Waals surface area contributed by atoms with Crippen LogP contribution in [0.5, 0.6) is 0 Å². The lowest BCUT2D eigenvalue weighted by molar-refractivity contribution is -0.385. The van der Waals surface area contributed by atoms with Crippen molar-refractivity contribution in [1.82, 2.24) is 25.3 Å². The van der Waals surface area contributed by atoms with Gasteiger partial charge in [-0.1, -0.05) is 6.92 Å². The molecule has 3 fully saturated rings. The quantitative estimate of drug-likeness (QED) is 0.0571. The molecule has 4 aliphatic rings. The van der Waals surface area contributed by atoms with Crippen molar-refractivity contribution in [2.45, 2.75) is 76.0 Å². The first-order valence-corrected chi connectivity index (χ1v) is 22.5. The molecule has 3 aromatic carbocycles. The lowest BCUT2D eigenvalue weighted by Gasteiger charge is -2.46. The first kappa shape index (κ1) is 49.2. The van der Waals surface area contributed by atoms with E-state index in [1.165, 1.54) is 106 Å². The van der Waals surface area contributed by atoms with Crippen molar-refractivity contribution < 1.29 is 62.9 Å². The molecule has 4 heterocycles. The highest BCUT2D eigenvalue weighted by molar-refractivity contribution is 8.03. The molecule has 364 valence electrons. The number of β-lactam (4-membered cyclic amide) rings is 1. The van der Waals surface area contributed by atoms with Gasteiger partial charge in [0, 0.05) is 78.1 Å². The lowest BCUT2D eigenvalue weighted by Crippen LogP contribution is -2.63. The third-order valence-electron chi connectivity index (χ3n) is 12.2. The number of amides is 5. The minimum atomic E-state index is -1.09. The molecule has 0 unspecified atom stereocenters. The molecule has 0 aliphatic carbocycles. The smallest absolute Gasteiger partial charge is 0.410 e. The van der Waals surface area contributed by atoms with E-state index >= 15 is 0 Å². The number of hydrogen-bond donors (Lipinski definition) is 3. The van der Waals surface area contributed by atoms with Crippen molar-refractivity contribution in [1.29, 1.82) is 0 Å². The number of aliphatic hydroxyl groups is 1. The lowest BCUT2D eigenvalue weighted by atomic mass is 9.79. The Hall–Kier alpha value is -7.67. The van der Waals surface area contributed by atoms with Crippen LogP contribution in [-0.2, 0) is 53.2 Å². The van der Waals surface area contributed by atoms with Crippen molar-refractivity contribution in [2.24, 2.45) is 11.8 Å². The van der Waals surface area contributed by atoms with Crippen molar-refractivity contribution in [2.75, 3.05) is 26.2 Å². The summed E-state index contributed by atoms with van der Waals surface area (Å²) in [5.41, 5.74) is 0.874. The van der Waals surface area contributed by atoms with E-state index in [-0.39, 0.29) is 68.6 Å². The second-order valence-corrected chi connectivity index (χ2v) is 18.1. The zero-order valence-electron chi connectivity index (χ0n) is 37.0. The van der Waals surface area contributed by atoms with E-state index in [0.29, 0.717) is 28.0 Å². The van der Waals surface area contributed by atoms with E-state index < -0.39 is 98.5 Å². The fraction of sp³-hybridized carbons (Fsp3) is 0.409. The van der Waals surface area contributed by atoms with E-state index in [2.05, 4.69) is 10.6 Å². The molecule has 0 radical (unpaired) electrons. The molecule has 3 saturated heterocycles. The van der Waals surface area contributed by atoms with Crippen LogP contribution >= 0.6 is 11.8 Å². The molecule has 24 nitrogen and oxygen atoms in total. The Morgan fingerprint density at radius 2 is 1.32 bits per heavy atom. The fourth-order valence-corrected chi connectivity index (χ4v) is 10.2. The number of aliphatic hydroxyl groups excluding tert-OH is 1. The molecule has 7 rings (SSSR count). The van der Waals surface area contributed by atoms with Gasteiger partial charge in [-0.2, -0.15) is 0 Å². The minimum absolute atomic E-state index is 0.0474. The Morgan fingerprint density at radius 1 is 0.797 bits per heavy atom. The van der Waals surface area contributed by atoms with Crippen molar-refractivity contribution >= 4 is 64.7 Å². The fourth-order valence-electron chi connectivity index (χ4n) is 8.67. The molecule has 0 saturated carbocycles. The van der Waals surface area contributed by atoms with Crippen LogP contribution in [0.25, 0.3) is 0 Å². The summed E-state index contributed by atoms with van der Waals surface area (Å²) < 4.78 is 16.4. The Bertz CT molecular complexity index is 2560. The molecule has 3 N–H and O–H groups in total. The number of nitrogens with one attached hydrogen (secondary N) is 2. The minimum Gasteiger partial charge on any atom is -0.456 e. The molecule has 0 aromatic heterocycles. The monoisotopic (exact) mass is 974 g/mol. The molecule has 4 aliphatic heterocycles. The Morgan fingerprint density at radius 3 is 1.84 bits per heavy atom. The van der Waals surface area contributed by atoms with Crippen LogP contribution in [0.1, 0.15) is 43.4 Å². The largest absolute Gasteiger partial charge is 0.456 e. The van der Waals surface area contributed by atoms with Gasteiger partial charge < -0.3 is 39.8 Å². The Kier molecular flexibility index (Phi) is 15.1. The Balaban J connectivity index is 1.02. The summed E-state index contributed by atoms with van der Waals surface area (Å²) in [7, 11) is 0. The summed E-state index contributed by atoms with van der Waals surface area (Å²) in [4.78, 5) is 117. The van der Waals surface area contributed by atoms with Gasteiger partial charge in [-0.3, -0.25) is 49.6 Å². The summed E-state index contributed by atoms with van der Waals surface area (Å²) in [5.74, 6) is -3.67. The zero-order chi connectivity index (χ0) is 49.7. The van der Waals surface area contributed by atoms with E-state index in [0.717, 1.165) is 0 Å². The maximum atomic E-state index is 14.4. The van der Waals surface area contributed by atoms with Crippen molar-refractivity contribution in [3.05, 3.63) is 130 Å². The number of esters is 1. The number of carbonyl (C=O) groups is 6. The highest BCUT2D eigenvalue weighted by atomic mass is 32.2. The molecule has 5 amide bonds. The van der Waals surface area contributed by atoms with Gasteiger partial charge in [0.05, 0.1) is 32.8 Å². The number of alkyl carbamates (subject to hydrolysis) is 1. The van der Waals surface area contributed by atoms with E-state index in [4.69, 9.17) is 14.2 Å². The number of ether oxygens (including phenoxy) is 3. The topological polar surface area (TPSA) is 314 Å². The van der Waals surface area contributed by atoms with E-state index in [1.54, 1.807) is 6.92 Å². The molecular formula is C44H46N8O16S. The standard InChI is InChI=1S/C44H46N8O16S/c1-24-37-36(25(2)53)41(56)49(37)38(42(57)66-21-26-3-9-30(10-4-26)50(60)61)39(24)69-33-17-34(48(20-33)44(59)68-23-28-7-13-32(14-8-28)52(64)65)40(55)47-16-15-29(19-47)46-35(54)18-45-43(58)67-22-27-5-11-31(12-6-27)51(62)63/h3-14,24-25,29,33-34,36-37,53H,15-23H2,1-2H3,(H,45,58)(H,46,54)/t24-,25-,29+,33+,34+,36-,37-/m1/s1. The second kappa shape index (κ2) is 21.1. The summed E-state index contributed by atoms with van der Waals surface area (Å²) in [6.45, 7) is 2.25. The number of nitrogens with zero attached hydrogens (tertiary/aromatic N) is 6. The molecule has 69 heavy (non-hydrogen) atoms. The molecule has 0 spiro atoms. The Labute approximate surface area is 396 Å². The van der Waals surface area contributed by atoms with Gasteiger partial charge in [0.25, 0.3) is 17.1 Å². The van der Waals surface area contributed by atoms with Gasteiger partial charge in [0.1, 0.15) is 38.1 Å². The molecular weight excluding hydrogens is 929 g/mol. The maximum absolute atomic E-state index is 14.4. The number of nitro benzene ring substituents is 3. The SMILES string of the molecule is C[C@@H](O)[C@H]1C(=O)N2C(C(=O)OCc3ccc([N+](=O)[O-])cc3)=C(S[C@H]3C[C@@H](C(=O)N4CC[C@H](NC(=O)CNC(=O)OCc5ccc([N+](=O)[O-])cc5)C4)N(C(=O)OCc4ccc([N+](=O)[O-])cc4)C3)[C@H](C)[C@H]12. The van der Waals surface area contributed by atoms with Crippen LogP contribution in [0.2, 0.25) is 0 Å². The van der Waals surface area contributed by atoms with Gasteiger partial charge in [0.2, 0.25) is 17.7 Å². The van der Waals surface area contributed by atoms with Gasteiger partial charge in [-0.05, 0) is 72.9 Å². The second-order valence-electron chi connectivity index (χ2n) is 16.8. The summed E-state index contributed by atoms with van der Waals surface area (Å²) in [5, 5.41) is 48.3. The molecule has 25 heteroatoms. The highest BCUT2D eigenvalue weighted by Crippen LogP contribution is 2.52. The average molecular weight is 975 g/mol. The van der Waals surface area contributed by atoms with Crippen molar-refractivity contribution in [3.63, 3.8) is 0 Å². The van der Waals surface area contributed by atoms with Crippen LogP contribution < -0.4 is 10.6 Å². The number of fused-ring (bicyclic) bond motifs is 1. The number of nitro groups is 3.